The van der Waals surface area contributed by atoms with Crippen LogP contribution in [0.5, 0.6) is 0 Å². The normalized spacial score (nSPS) is 19.1. The Balaban J connectivity index is 1.38. The second-order valence-electron chi connectivity index (χ2n) is 9.79. The van der Waals surface area contributed by atoms with Crippen molar-refractivity contribution in [3.8, 4) is 11.8 Å². The van der Waals surface area contributed by atoms with Crippen molar-refractivity contribution in [2.45, 2.75) is 43.8 Å². The molecule has 10 nitrogen and oxygen atoms in total. The second kappa shape index (κ2) is 9.81. The van der Waals surface area contributed by atoms with E-state index >= 15 is 8.78 Å². The number of hydrogen-bond acceptors (Lipinski definition) is 7. The number of imidazole rings is 1. The Morgan fingerprint density at radius 2 is 1.98 bits per heavy atom. The lowest BCUT2D eigenvalue weighted by molar-refractivity contribution is -0.327. The molecule has 2 atom stereocenters. The first-order valence-corrected chi connectivity index (χ1v) is 12.5. The number of nitrogens with two attached hydrogens (primary N) is 1. The van der Waals surface area contributed by atoms with Gasteiger partial charge in [0, 0.05) is 18.7 Å². The topological polar surface area (TPSA) is 117 Å². The predicted octanol–water partition coefficient (Wildman–Crippen LogP) is 3.64. The molecular formula is C26H21F5N8O2. The summed E-state index contributed by atoms with van der Waals surface area (Å²) in [6, 6.07) is -0.230. The maximum absolute atomic E-state index is 15.3. The van der Waals surface area contributed by atoms with Crippen molar-refractivity contribution in [1.29, 1.82) is 0 Å². The first-order valence-electron chi connectivity index (χ1n) is 12.5. The number of halogens is 5. The molecule has 0 spiro atoms. The Kier molecular flexibility index (Phi) is 6.37. The van der Waals surface area contributed by atoms with Crippen molar-refractivity contribution in [3.05, 3.63) is 54.3 Å². The zero-order chi connectivity index (χ0) is 29.1. The summed E-state index contributed by atoms with van der Waals surface area (Å²) in [7, 11) is 0. The van der Waals surface area contributed by atoms with Crippen molar-refractivity contribution in [3.63, 3.8) is 0 Å². The highest BCUT2D eigenvalue weighted by Crippen LogP contribution is 2.38. The van der Waals surface area contributed by atoms with E-state index in [2.05, 4.69) is 43.2 Å². The highest BCUT2D eigenvalue weighted by atomic mass is 19.4. The van der Waals surface area contributed by atoms with Crippen molar-refractivity contribution >= 4 is 33.8 Å². The number of aromatic nitrogens is 6. The average Bonchev–Trinajstić information content (AvgIpc) is 3.36. The highest BCUT2D eigenvalue weighted by molar-refractivity contribution is 5.91. The van der Waals surface area contributed by atoms with Crippen LogP contribution >= 0.6 is 0 Å². The molecule has 2 N–H and O–H groups in total. The minimum atomic E-state index is -4.88. The Hall–Kier alpha value is -4.58. The fraction of sp³-hybridized carbons (Fsp3) is 0.346. The molecule has 2 fully saturated rings. The summed E-state index contributed by atoms with van der Waals surface area (Å²) in [5.41, 5.74) is 6.08. The minimum Gasteiger partial charge on any atom is -0.383 e. The monoisotopic (exact) mass is 572 g/mol. The molecular weight excluding hydrogens is 551 g/mol. The van der Waals surface area contributed by atoms with Crippen LogP contribution in [0.3, 0.4) is 0 Å². The predicted molar refractivity (Wildman–Crippen MR) is 135 cm³/mol. The van der Waals surface area contributed by atoms with Gasteiger partial charge in [0.25, 0.3) is 0 Å². The number of benzene rings is 1. The smallest absolute Gasteiger partial charge is 0.383 e. The SMILES string of the molecule is C=CC(=O)N1C[C@@H](n2nc(C#Cc3c(F)cc4c(ncn4C4CC4)c3F)c3c(N)ncnc32)C[C@@H]1COC(F)(F)F. The van der Waals surface area contributed by atoms with E-state index < -0.39 is 48.2 Å². The number of hydrogen-bond donors (Lipinski definition) is 1. The molecule has 6 rings (SSSR count). The van der Waals surface area contributed by atoms with E-state index in [-0.39, 0.29) is 47.1 Å². The van der Waals surface area contributed by atoms with E-state index in [9.17, 15) is 18.0 Å². The number of alkyl halides is 3. The molecule has 1 saturated carbocycles. The van der Waals surface area contributed by atoms with Crippen LogP contribution in [0.1, 0.15) is 42.6 Å². The van der Waals surface area contributed by atoms with Gasteiger partial charge in [-0.25, -0.2) is 28.4 Å². The van der Waals surface area contributed by atoms with E-state index in [1.807, 2.05) is 0 Å². The van der Waals surface area contributed by atoms with Gasteiger partial charge in [0.2, 0.25) is 5.91 Å². The van der Waals surface area contributed by atoms with Crippen LogP contribution in [0.2, 0.25) is 0 Å². The fourth-order valence-corrected chi connectivity index (χ4v) is 5.12. The van der Waals surface area contributed by atoms with Gasteiger partial charge in [-0.2, -0.15) is 5.10 Å². The van der Waals surface area contributed by atoms with E-state index in [1.165, 1.54) is 28.3 Å². The number of likely N-dealkylation sites (tertiary alicyclic amines) is 1. The molecule has 4 aromatic rings. The van der Waals surface area contributed by atoms with Gasteiger partial charge in [-0.15, -0.1) is 13.2 Å². The molecule has 1 aromatic carbocycles. The lowest BCUT2D eigenvalue weighted by atomic mass is 10.1. The van der Waals surface area contributed by atoms with Gasteiger partial charge in [-0.1, -0.05) is 12.5 Å². The molecule has 15 heteroatoms. The highest BCUT2D eigenvalue weighted by Gasteiger charge is 2.40. The zero-order valence-corrected chi connectivity index (χ0v) is 21.2. The third kappa shape index (κ3) is 4.84. The number of ether oxygens (including phenoxy) is 1. The molecule has 0 bridgehead atoms. The summed E-state index contributed by atoms with van der Waals surface area (Å²) in [4.78, 5) is 25.9. The Labute approximate surface area is 228 Å². The van der Waals surface area contributed by atoms with Gasteiger partial charge in [-0.05, 0) is 31.3 Å². The Morgan fingerprint density at radius 1 is 1.20 bits per heavy atom. The maximum atomic E-state index is 15.3. The summed E-state index contributed by atoms with van der Waals surface area (Å²) in [5.74, 6) is 2.75. The lowest BCUT2D eigenvalue weighted by Crippen LogP contribution is -2.38. The Morgan fingerprint density at radius 3 is 2.68 bits per heavy atom. The second-order valence-corrected chi connectivity index (χ2v) is 9.79. The quantitative estimate of drug-likeness (QED) is 0.221. The molecule has 4 heterocycles. The fourth-order valence-electron chi connectivity index (χ4n) is 5.12. The number of carbonyl (C=O) groups excluding carboxylic acids is 1. The largest absolute Gasteiger partial charge is 0.522 e. The molecule has 1 aliphatic carbocycles. The number of rotatable bonds is 5. The molecule has 1 saturated heterocycles. The zero-order valence-electron chi connectivity index (χ0n) is 21.2. The van der Waals surface area contributed by atoms with Crippen molar-refractivity contribution in [2.24, 2.45) is 0 Å². The summed E-state index contributed by atoms with van der Waals surface area (Å²) in [6.07, 6.45) is 0.611. The molecule has 0 unspecified atom stereocenters. The van der Waals surface area contributed by atoms with E-state index in [4.69, 9.17) is 5.73 Å². The average molecular weight is 572 g/mol. The number of nitrogens with zero attached hydrogens (tertiary/aromatic N) is 7. The number of nitrogen functional groups attached to an aromatic ring is 1. The van der Waals surface area contributed by atoms with Crippen LogP contribution in [0.25, 0.3) is 22.1 Å². The van der Waals surface area contributed by atoms with Gasteiger partial charge in [0.05, 0.1) is 41.5 Å². The number of carbonyl (C=O) groups is 1. The molecule has 0 radical (unpaired) electrons. The standard InChI is InChI=1S/C26H21F5N8O2/c1-2-20(40)37-9-14(7-15(37)10-41-26(29,30)31)39-25-21(24(32)33-11-34-25)18(36-39)6-5-16-17(27)8-19-23(22(16)28)35-12-38(19)13-3-4-13/h2,8,11-15H,1,3-4,7,9-10H2,(H2,32,33,34)/t14-,15+/m0/s1. The van der Waals surface area contributed by atoms with Gasteiger partial charge in [-0.3, -0.25) is 9.53 Å². The minimum absolute atomic E-state index is 0.00269. The maximum Gasteiger partial charge on any atom is 0.522 e. The summed E-state index contributed by atoms with van der Waals surface area (Å²) < 4.78 is 75.6. The summed E-state index contributed by atoms with van der Waals surface area (Å²) >= 11 is 0. The third-order valence-corrected chi connectivity index (χ3v) is 7.16. The molecule has 2 aliphatic rings. The first kappa shape index (κ1) is 26.6. The first-order chi connectivity index (χ1) is 19.6. The molecule has 3 aromatic heterocycles. The van der Waals surface area contributed by atoms with Crippen LogP contribution in [0, 0.1) is 23.5 Å². The van der Waals surface area contributed by atoms with Crippen LogP contribution < -0.4 is 5.73 Å². The number of fused-ring (bicyclic) bond motifs is 2. The van der Waals surface area contributed by atoms with Gasteiger partial charge in [0.15, 0.2) is 11.5 Å². The van der Waals surface area contributed by atoms with E-state index in [0.29, 0.717) is 5.52 Å². The van der Waals surface area contributed by atoms with Gasteiger partial charge < -0.3 is 15.2 Å². The van der Waals surface area contributed by atoms with Crippen LogP contribution in [0.4, 0.5) is 27.8 Å². The summed E-state index contributed by atoms with van der Waals surface area (Å²) in [5, 5.41) is 4.63. The van der Waals surface area contributed by atoms with E-state index in [1.54, 1.807) is 4.57 Å². The van der Waals surface area contributed by atoms with Crippen LogP contribution in [-0.2, 0) is 9.53 Å². The van der Waals surface area contributed by atoms with Crippen LogP contribution in [0.15, 0.2) is 31.4 Å². The number of anilines is 1. The van der Waals surface area contributed by atoms with Crippen molar-refractivity contribution in [1.82, 2.24) is 34.2 Å². The summed E-state index contributed by atoms with van der Waals surface area (Å²) in [6.45, 7) is 2.59. The lowest BCUT2D eigenvalue weighted by Gasteiger charge is -2.23. The van der Waals surface area contributed by atoms with E-state index in [0.717, 1.165) is 18.9 Å². The van der Waals surface area contributed by atoms with Crippen molar-refractivity contribution < 1.29 is 31.5 Å². The van der Waals surface area contributed by atoms with Crippen LogP contribution in [-0.4, -0.2) is 65.7 Å². The number of amides is 1. The molecule has 1 aliphatic heterocycles. The molecule has 212 valence electrons. The van der Waals surface area contributed by atoms with Gasteiger partial charge >= 0.3 is 6.36 Å². The third-order valence-electron chi connectivity index (χ3n) is 7.16. The Bertz CT molecular complexity index is 1760. The molecule has 1 amide bonds. The molecule has 41 heavy (non-hydrogen) atoms. The van der Waals surface area contributed by atoms with Crippen molar-refractivity contribution in [2.75, 3.05) is 18.9 Å². The van der Waals surface area contributed by atoms with Gasteiger partial charge in [0.1, 0.15) is 29.2 Å².